The van der Waals surface area contributed by atoms with Crippen molar-refractivity contribution in [2.75, 3.05) is 5.32 Å². The van der Waals surface area contributed by atoms with Gasteiger partial charge >= 0.3 is 0 Å². The second-order valence-corrected chi connectivity index (χ2v) is 4.87. The van der Waals surface area contributed by atoms with Crippen molar-refractivity contribution < 1.29 is 13.2 Å². The maximum absolute atomic E-state index is 13.5. The van der Waals surface area contributed by atoms with E-state index in [0.29, 0.717) is 11.1 Å². The summed E-state index contributed by atoms with van der Waals surface area (Å²) in [4.78, 5) is 0. The summed E-state index contributed by atoms with van der Waals surface area (Å²) in [7, 11) is 0. The van der Waals surface area contributed by atoms with Crippen LogP contribution in [0.4, 0.5) is 18.9 Å². The van der Waals surface area contributed by atoms with Crippen molar-refractivity contribution in [1.82, 2.24) is 0 Å². The lowest BCUT2D eigenvalue weighted by Crippen LogP contribution is -2.04. The van der Waals surface area contributed by atoms with Crippen LogP contribution in [-0.2, 0) is 6.54 Å². The van der Waals surface area contributed by atoms with E-state index in [1.165, 1.54) is 24.3 Å². The van der Waals surface area contributed by atoms with Crippen LogP contribution in [0.1, 0.15) is 11.1 Å². The number of halogens is 4. The van der Waals surface area contributed by atoms with Gasteiger partial charge in [0.2, 0.25) is 0 Å². The normalized spacial score (nSPS) is 10.2. The predicted octanol–water partition coefficient (Wildman–Crippen LogP) is 4.35. The highest BCUT2D eigenvalue weighted by molar-refractivity contribution is 9.10. The van der Waals surface area contributed by atoms with Crippen molar-refractivity contribution >= 4 is 21.6 Å². The van der Waals surface area contributed by atoms with E-state index in [-0.39, 0.29) is 16.7 Å². The van der Waals surface area contributed by atoms with Crippen LogP contribution in [0.15, 0.2) is 34.8 Å². The highest BCUT2D eigenvalue weighted by Crippen LogP contribution is 2.24. The summed E-state index contributed by atoms with van der Waals surface area (Å²) in [6.07, 6.45) is 0. The molecule has 0 spiro atoms. The number of hydrogen-bond acceptors (Lipinski definition) is 2. The largest absolute Gasteiger partial charge is 0.379 e. The number of nitriles is 1. The van der Waals surface area contributed by atoms with Crippen molar-refractivity contribution in [1.29, 1.82) is 5.26 Å². The first-order chi connectivity index (χ1) is 9.51. The molecule has 2 aromatic carbocycles. The third kappa shape index (κ3) is 3.11. The van der Waals surface area contributed by atoms with Gasteiger partial charge in [-0.05, 0) is 45.8 Å². The van der Waals surface area contributed by atoms with Gasteiger partial charge in [-0.3, -0.25) is 0 Å². The third-order valence-corrected chi connectivity index (χ3v) is 3.27. The molecule has 2 nitrogen and oxygen atoms in total. The van der Waals surface area contributed by atoms with E-state index >= 15 is 0 Å². The van der Waals surface area contributed by atoms with Gasteiger partial charge in [-0.1, -0.05) is 0 Å². The molecule has 20 heavy (non-hydrogen) atoms. The van der Waals surface area contributed by atoms with Gasteiger partial charge in [-0.15, -0.1) is 0 Å². The molecule has 1 N–H and O–H groups in total. The summed E-state index contributed by atoms with van der Waals surface area (Å²) in [6, 6.07) is 7.63. The van der Waals surface area contributed by atoms with Crippen molar-refractivity contribution in [3.05, 3.63) is 63.4 Å². The quantitative estimate of drug-likeness (QED) is 0.843. The molecule has 0 aliphatic carbocycles. The molecule has 0 unspecified atom stereocenters. The minimum absolute atomic E-state index is 0.0512. The molecule has 0 saturated carbocycles. The zero-order valence-corrected chi connectivity index (χ0v) is 11.6. The van der Waals surface area contributed by atoms with Crippen molar-refractivity contribution in [2.45, 2.75) is 6.54 Å². The molecule has 0 aliphatic rings. The van der Waals surface area contributed by atoms with Crippen LogP contribution in [0, 0.1) is 28.8 Å². The van der Waals surface area contributed by atoms with Crippen LogP contribution in [0.3, 0.4) is 0 Å². The second-order valence-electron chi connectivity index (χ2n) is 4.01. The lowest BCUT2D eigenvalue weighted by Gasteiger charge is -2.10. The Morgan fingerprint density at radius 3 is 2.55 bits per heavy atom. The van der Waals surface area contributed by atoms with Gasteiger partial charge in [-0.25, -0.2) is 13.2 Å². The fraction of sp³-hybridized carbons (Fsp3) is 0.0714. The summed E-state index contributed by atoms with van der Waals surface area (Å²) < 4.78 is 39.9. The van der Waals surface area contributed by atoms with E-state index in [0.717, 1.165) is 6.07 Å². The zero-order chi connectivity index (χ0) is 14.7. The number of nitrogens with one attached hydrogen (secondary N) is 1. The maximum atomic E-state index is 13.5. The molecule has 0 radical (unpaired) electrons. The summed E-state index contributed by atoms with van der Waals surface area (Å²) in [5.41, 5.74) is 0.749. The first-order valence-corrected chi connectivity index (χ1v) is 6.37. The van der Waals surface area contributed by atoms with Gasteiger partial charge in [0.15, 0.2) is 0 Å². The fourth-order valence-electron chi connectivity index (χ4n) is 1.67. The summed E-state index contributed by atoms with van der Waals surface area (Å²) in [5, 5.41) is 11.6. The van der Waals surface area contributed by atoms with Crippen LogP contribution in [0.2, 0.25) is 0 Å². The minimum atomic E-state index is -0.763. The Labute approximate surface area is 122 Å². The molecule has 0 amide bonds. The predicted molar refractivity (Wildman–Crippen MR) is 72.5 cm³/mol. The third-order valence-electron chi connectivity index (χ3n) is 2.67. The number of anilines is 1. The molecular weight excluding hydrogens is 333 g/mol. The molecule has 0 aliphatic heterocycles. The first-order valence-electron chi connectivity index (χ1n) is 5.58. The van der Waals surface area contributed by atoms with Crippen molar-refractivity contribution in [3.8, 4) is 6.07 Å². The summed E-state index contributed by atoms with van der Waals surface area (Å²) in [5.74, 6) is -1.96. The lowest BCUT2D eigenvalue weighted by atomic mass is 10.1. The van der Waals surface area contributed by atoms with E-state index in [1.54, 1.807) is 0 Å². The molecule has 0 saturated heterocycles. The molecule has 0 atom stereocenters. The summed E-state index contributed by atoms with van der Waals surface area (Å²) in [6.45, 7) is 0.0512. The van der Waals surface area contributed by atoms with Crippen LogP contribution in [-0.4, -0.2) is 0 Å². The molecule has 102 valence electrons. The van der Waals surface area contributed by atoms with E-state index in [9.17, 15) is 13.2 Å². The van der Waals surface area contributed by atoms with Gasteiger partial charge in [0.25, 0.3) is 0 Å². The molecule has 0 aromatic heterocycles. The first kappa shape index (κ1) is 14.4. The van der Waals surface area contributed by atoms with Gasteiger partial charge in [0, 0.05) is 12.6 Å². The SMILES string of the molecule is N#Cc1ccc(F)cc1CNc1cc(Br)c(F)cc1F. The Bertz CT molecular complexity index is 696. The smallest absolute Gasteiger partial charge is 0.149 e. The maximum Gasteiger partial charge on any atom is 0.149 e. The van der Waals surface area contributed by atoms with Gasteiger partial charge < -0.3 is 5.32 Å². The average molecular weight is 341 g/mol. The van der Waals surface area contributed by atoms with E-state index in [2.05, 4.69) is 21.2 Å². The highest BCUT2D eigenvalue weighted by atomic mass is 79.9. The number of hydrogen-bond donors (Lipinski definition) is 1. The molecule has 0 fully saturated rings. The Morgan fingerprint density at radius 2 is 1.85 bits per heavy atom. The zero-order valence-electron chi connectivity index (χ0n) is 10.1. The van der Waals surface area contributed by atoms with Crippen molar-refractivity contribution in [2.24, 2.45) is 0 Å². The molecular formula is C14H8BrF3N2. The lowest BCUT2D eigenvalue weighted by molar-refractivity contribution is 0.580. The summed E-state index contributed by atoms with van der Waals surface area (Å²) >= 11 is 2.95. The minimum Gasteiger partial charge on any atom is -0.379 e. The van der Waals surface area contributed by atoms with Crippen LogP contribution in [0.5, 0.6) is 0 Å². The molecule has 0 heterocycles. The number of benzene rings is 2. The topological polar surface area (TPSA) is 35.8 Å². The van der Waals surface area contributed by atoms with Crippen molar-refractivity contribution in [3.63, 3.8) is 0 Å². The fourth-order valence-corrected chi connectivity index (χ4v) is 2.01. The number of rotatable bonds is 3. The van der Waals surface area contributed by atoms with Crippen LogP contribution < -0.4 is 5.32 Å². The van der Waals surface area contributed by atoms with E-state index in [4.69, 9.17) is 5.26 Å². The molecule has 2 aromatic rings. The Balaban J connectivity index is 2.23. The Hall–Kier alpha value is -2.00. The van der Waals surface area contributed by atoms with E-state index < -0.39 is 17.5 Å². The molecule has 2 rings (SSSR count). The highest BCUT2D eigenvalue weighted by Gasteiger charge is 2.09. The van der Waals surface area contributed by atoms with E-state index in [1.807, 2.05) is 6.07 Å². The van der Waals surface area contributed by atoms with Gasteiger partial charge in [0.05, 0.1) is 21.8 Å². The van der Waals surface area contributed by atoms with Gasteiger partial charge in [0.1, 0.15) is 17.5 Å². The van der Waals surface area contributed by atoms with Gasteiger partial charge in [-0.2, -0.15) is 5.26 Å². The average Bonchev–Trinajstić information content (AvgIpc) is 2.41. The number of nitrogens with zero attached hydrogens (tertiary/aromatic N) is 1. The Morgan fingerprint density at radius 1 is 1.10 bits per heavy atom. The second kappa shape index (κ2) is 5.97. The molecule has 0 bridgehead atoms. The standard InChI is InChI=1S/C14H8BrF3N2/c15-11-4-14(13(18)5-12(11)17)20-7-9-3-10(16)2-1-8(9)6-19/h1-5,20H,7H2. The molecule has 6 heteroatoms. The van der Waals surface area contributed by atoms with Crippen LogP contribution >= 0.6 is 15.9 Å². The monoisotopic (exact) mass is 340 g/mol. The Kier molecular flexibility index (Phi) is 4.30. The van der Waals surface area contributed by atoms with Crippen LogP contribution in [0.25, 0.3) is 0 Å².